The molecule has 3 aromatic rings. The SMILES string of the molecule is C/C(=N\NC(=O)COc1ccc2ccccc2c1)c1ccc(Cl)cc1. The van der Waals surface area contributed by atoms with E-state index in [0.717, 1.165) is 16.3 Å². The molecule has 0 radical (unpaired) electrons. The van der Waals surface area contributed by atoms with Gasteiger partial charge in [-0.2, -0.15) is 5.10 Å². The summed E-state index contributed by atoms with van der Waals surface area (Å²) in [5.41, 5.74) is 4.07. The van der Waals surface area contributed by atoms with E-state index in [-0.39, 0.29) is 12.5 Å². The van der Waals surface area contributed by atoms with Crippen molar-refractivity contribution in [3.05, 3.63) is 77.3 Å². The van der Waals surface area contributed by atoms with Crippen LogP contribution in [0.2, 0.25) is 5.02 Å². The summed E-state index contributed by atoms with van der Waals surface area (Å²) in [4.78, 5) is 11.9. The molecule has 0 spiro atoms. The first-order valence-electron chi connectivity index (χ1n) is 7.82. The Morgan fingerprint density at radius 2 is 1.76 bits per heavy atom. The van der Waals surface area contributed by atoms with E-state index in [1.165, 1.54) is 0 Å². The zero-order valence-electron chi connectivity index (χ0n) is 13.7. The van der Waals surface area contributed by atoms with Gasteiger partial charge in [0.2, 0.25) is 0 Å². The van der Waals surface area contributed by atoms with Crippen LogP contribution in [0.15, 0.2) is 71.8 Å². The Balaban J connectivity index is 1.56. The molecule has 126 valence electrons. The van der Waals surface area contributed by atoms with Gasteiger partial charge in [0.15, 0.2) is 6.61 Å². The molecular weight excluding hydrogens is 336 g/mol. The van der Waals surface area contributed by atoms with Crippen molar-refractivity contribution in [3.63, 3.8) is 0 Å². The molecule has 5 heteroatoms. The number of nitrogens with one attached hydrogen (secondary N) is 1. The third-order valence-corrected chi connectivity index (χ3v) is 3.95. The van der Waals surface area contributed by atoms with E-state index < -0.39 is 0 Å². The highest BCUT2D eigenvalue weighted by molar-refractivity contribution is 6.30. The molecule has 0 aliphatic rings. The zero-order chi connectivity index (χ0) is 17.6. The van der Waals surface area contributed by atoms with Gasteiger partial charge >= 0.3 is 0 Å². The van der Waals surface area contributed by atoms with Gasteiger partial charge in [0, 0.05) is 5.02 Å². The minimum absolute atomic E-state index is 0.101. The van der Waals surface area contributed by atoms with Gasteiger partial charge in [0.25, 0.3) is 5.91 Å². The molecule has 0 bridgehead atoms. The molecule has 3 rings (SSSR count). The number of benzene rings is 3. The lowest BCUT2D eigenvalue weighted by Crippen LogP contribution is -2.25. The molecule has 0 heterocycles. The maximum absolute atomic E-state index is 11.9. The normalized spacial score (nSPS) is 11.4. The van der Waals surface area contributed by atoms with E-state index in [1.807, 2.05) is 61.5 Å². The monoisotopic (exact) mass is 352 g/mol. The number of hydrogen-bond acceptors (Lipinski definition) is 3. The van der Waals surface area contributed by atoms with Crippen molar-refractivity contribution >= 4 is 34.0 Å². The summed E-state index contributed by atoms with van der Waals surface area (Å²) >= 11 is 5.85. The predicted molar refractivity (Wildman–Crippen MR) is 101 cm³/mol. The van der Waals surface area contributed by atoms with Gasteiger partial charge in [0.05, 0.1) is 5.71 Å². The van der Waals surface area contributed by atoms with E-state index in [0.29, 0.717) is 16.5 Å². The van der Waals surface area contributed by atoms with Crippen molar-refractivity contribution in [1.82, 2.24) is 5.43 Å². The summed E-state index contributed by atoms with van der Waals surface area (Å²) in [5, 5.41) is 6.93. The second-order valence-corrected chi connectivity index (χ2v) is 5.97. The van der Waals surface area contributed by atoms with Crippen LogP contribution in [0.5, 0.6) is 5.75 Å². The number of fused-ring (bicyclic) bond motifs is 1. The van der Waals surface area contributed by atoms with Crippen molar-refractivity contribution in [1.29, 1.82) is 0 Å². The summed E-state index contributed by atoms with van der Waals surface area (Å²) in [7, 11) is 0. The lowest BCUT2D eigenvalue weighted by molar-refractivity contribution is -0.123. The molecule has 4 nitrogen and oxygen atoms in total. The Kier molecular flexibility index (Phi) is 5.31. The lowest BCUT2D eigenvalue weighted by atomic mass is 10.1. The van der Waals surface area contributed by atoms with Crippen LogP contribution in [-0.2, 0) is 4.79 Å². The molecule has 0 saturated carbocycles. The molecule has 1 N–H and O–H groups in total. The van der Waals surface area contributed by atoms with Crippen LogP contribution in [0.3, 0.4) is 0 Å². The summed E-state index contributed by atoms with van der Waals surface area (Å²) < 4.78 is 5.53. The highest BCUT2D eigenvalue weighted by Crippen LogP contribution is 2.20. The van der Waals surface area contributed by atoms with Crippen LogP contribution in [0.25, 0.3) is 10.8 Å². The molecule has 0 atom stereocenters. The quantitative estimate of drug-likeness (QED) is 0.546. The minimum Gasteiger partial charge on any atom is -0.484 e. The van der Waals surface area contributed by atoms with Crippen LogP contribution < -0.4 is 10.2 Å². The number of hydrazone groups is 1. The Hall–Kier alpha value is -2.85. The average Bonchev–Trinajstić information content (AvgIpc) is 2.65. The third kappa shape index (κ3) is 4.58. The molecule has 1 amide bonds. The third-order valence-electron chi connectivity index (χ3n) is 3.70. The summed E-state index contributed by atoms with van der Waals surface area (Å²) in [6.07, 6.45) is 0. The molecule has 0 aromatic heterocycles. The van der Waals surface area contributed by atoms with E-state index >= 15 is 0 Å². The molecule has 3 aromatic carbocycles. The predicted octanol–water partition coefficient (Wildman–Crippen LogP) is 4.41. The second kappa shape index (κ2) is 7.81. The van der Waals surface area contributed by atoms with Gasteiger partial charge in [-0.05, 0) is 47.5 Å². The Morgan fingerprint density at radius 3 is 2.52 bits per heavy atom. The van der Waals surface area contributed by atoms with Crippen LogP contribution in [0.4, 0.5) is 0 Å². The van der Waals surface area contributed by atoms with Crippen molar-refractivity contribution < 1.29 is 9.53 Å². The first kappa shape index (κ1) is 17.0. The van der Waals surface area contributed by atoms with Gasteiger partial charge in [-0.25, -0.2) is 5.43 Å². The van der Waals surface area contributed by atoms with Crippen LogP contribution in [-0.4, -0.2) is 18.2 Å². The van der Waals surface area contributed by atoms with Gasteiger partial charge in [-0.15, -0.1) is 0 Å². The van der Waals surface area contributed by atoms with Gasteiger partial charge in [0.1, 0.15) is 5.75 Å². The standard InChI is InChI=1S/C20H17ClN2O2/c1-14(15-6-9-18(21)10-7-15)22-23-20(24)13-25-19-11-8-16-4-2-3-5-17(16)12-19/h2-12H,13H2,1H3,(H,23,24)/b22-14+. The molecule has 0 fully saturated rings. The van der Waals surface area contributed by atoms with E-state index in [4.69, 9.17) is 16.3 Å². The molecular formula is C20H17ClN2O2. The summed E-state index contributed by atoms with van der Waals surface area (Å²) in [6.45, 7) is 1.71. The van der Waals surface area contributed by atoms with Crippen molar-refractivity contribution in [2.24, 2.45) is 5.10 Å². The Morgan fingerprint density at radius 1 is 1.04 bits per heavy atom. The summed E-state index contributed by atoms with van der Waals surface area (Å²) in [5.74, 6) is 0.328. The van der Waals surface area contributed by atoms with Gasteiger partial charge < -0.3 is 4.74 Å². The van der Waals surface area contributed by atoms with Gasteiger partial charge in [-0.3, -0.25) is 4.79 Å². The number of ether oxygens (including phenoxy) is 1. The van der Waals surface area contributed by atoms with Crippen LogP contribution >= 0.6 is 11.6 Å². The first-order chi connectivity index (χ1) is 12.1. The number of halogens is 1. The minimum atomic E-state index is -0.318. The molecule has 0 unspecified atom stereocenters. The smallest absolute Gasteiger partial charge is 0.277 e. The molecule has 0 aliphatic carbocycles. The van der Waals surface area contributed by atoms with Crippen LogP contribution in [0, 0.1) is 0 Å². The van der Waals surface area contributed by atoms with Crippen molar-refractivity contribution in [2.45, 2.75) is 6.92 Å². The van der Waals surface area contributed by atoms with Crippen molar-refractivity contribution in [3.8, 4) is 5.75 Å². The summed E-state index contributed by atoms with van der Waals surface area (Å²) in [6, 6.07) is 20.9. The zero-order valence-corrected chi connectivity index (χ0v) is 14.5. The fraction of sp³-hybridized carbons (Fsp3) is 0.100. The first-order valence-corrected chi connectivity index (χ1v) is 8.20. The maximum atomic E-state index is 11.9. The molecule has 0 aliphatic heterocycles. The van der Waals surface area contributed by atoms with Crippen LogP contribution in [0.1, 0.15) is 12.5 Å². The topological polar surface area (TPSA) is 50.7 Å². The second-order valence-electron chi connectivity index (χ2n) is 5.54. The highest BCUT2D eigenvalue weighted by atomic mass is 35.5. The Labute approximate surface area is 151 Å². The number of carbonyl (C=O) groups is 1. The number of rotatable bonds is 5. The number of nitrogens with zero attached hydrogens (tertiary/aromatic N) is 1. The number of hydrogen-bond donors (Lipinski definition) is 1. The van der Waals surface area contributed by atoms with E-state index in [1.54, 1.807) is 12.1 Å². The van der Waals surface area contributed by atoms with E-state index in [2.05, 4.69) is 10.5 Å². The van der Waals surface area contributed by atoms with Gasteiger partial charge in [-0.1, -0.05) is 54.1 Å². The largest absolute Gasteiger partial charge is 0.484 e. The number of amides is 1. The van der Waals surface area contributed by atoms with Crippen molar-refractivity contribution in [2.75, 3.05) is 6.61 Å². The van der Waals surface area contributed by atoms with E-state index in [9.17, 15) is 4.79 Å². The Bertz CT molecular complexity index is 920. The molecule has 0 saturated heterocycles. The fourth-order valence-electron chi connectivity index (χ4n) is 2.34. The molecule has 25 heavy (non-hydrogen) atoms. The highest BCUT2D eigenvalue weighted by Gasteiger charge is 2.04. The maximum Gasteiger partial charge on any atom is 0.277 e. The average molecular weight is 353 g/mol. The lowest BCUT2D eigenvalue weighted by Gasteiger charge is -2.07. The number of carbonyl (C=O) groups excluding carboxylic acids is 1. The fourth-order valence-corrected chi connectivity index (χ4v) is 2.47.